The Morgan fingerprint density at radius 2 is 1.93 bits per heavy atom. The maximum atomic E-state index is 5.76. The molecule has 154 valence electrons. The SMILES string of the molecule is CCNC(=NCc1ccc(OCc2ccccn2)cc1)NCc1ncnn1C.I. The Morgan fingerprint density at radius 1 is 1.10 bits per heavy atom. The predicted molar refractivity (Wildman–Crippen MR) is 123 cm³/mol. The maximum Gasteiger partial charge on any atom is 0.191 e. The highest BCUT2D eigenvalue weighted by atomic mass is 127. The van der Waals surface area contributed by atoms with E-state index in [-0.39, 0.29) is 24.0 Å². The average Bonchev–Trinajstić information content (AvgIpc) is 3.15. The monoisotopic (exact) mass is 507 g/mol. The highest BCUT2D eigenvalue weighted by Gasteiger charge is 2.03. The minimum absolute atomic E-state index is 0. The predicted octanol–water partition coefficient (Wildman–Crippen LogP) is 2.66. The lowest BCUT2D eigenvalue weighted by Gasteiger charge is -2.11. The van der Waals surface area contributed by atoms with E-state index in [0.717, 1.165) is 35.3 Å². The number of aliphatic imine (C=N–C) groups is 1. The number of pyridine rings is 1. The van der Waals surface area contributed by atoms with E-state index in [2.05, 4.69) is 30.7 Å². The Labute approximate surface area is 187 Å². The molecule has 0 aliphatic carbocycles. The van der Waals surface area contributed by atoms with Crippen LogP contribution in [0.5, 0.6) is 5.75 Å². The molecule has 3 rings (SSSR count). The van der Waals surface area contributed by atoms with Crippen molar-refractivity contribution >= 4 is 29.9 Å². The van der Waals surface area contributed by atoms with Gasteiger partial charge in [0, 0.05) is 19.8 Å². The summed E-state index contributed by atoms with van der Waals surface area (Å²) in [6.07, 6.45) is 3.30. The Kier molecular flexibility index (Phi) is 9.35. The molecule has 0 amide bonds. The molecule has 29 heavy (non-hydrogen) atoms. The number of hydrogen-bond donors (Lipinski definition) is 2. The van der Waals surface area contributed by atoms with E-state index in [1.54, 1.807) is 17.2 Å². The molecule has 9 heteroatoms. The molecule has 0 aliphatic heterocycles. The lowest BCUT2D eigenvalue weighted by molar-refractivity contribution is 0.301. The topological polar surface area (TPSA) is 89.2 Å². The van der Waals surface area contributed by atoms with E-state index in [1.807, 2.05) is 56.4 Å². The third-order valence-electron chi connectivity index (χ3n) is 4.02. The first-order valence-electron chi connectivity index (χ1n) is 9.21. The fourth-order valence-electron chi connectivity index (χ4n) is 2.49. The second-order valence-electron chi connectivity index (χ2n) is 6.10. The third-order valence-corrected chi connectivity index (χ3v) is 4.02. The van der Waals surface area contributed by atoms with Crippen molar-refractivity contribution in [1.82, 2.24) is 30.4 Å². The summed E-state index contributed by atoms with van der Waals surface area (Å²) in [5.41, 5.74) is 2.00. The zero-order valence-electron chi connectivity index (χ0n) is 16.6. The first-order chi connectivity index (χ1) is 13.7. The Balaban J connectivity index is 0.00000300. The summed E-state index contributed by atoms with van der Waals surface area (Å²) in [7, 11) is 1.87. The number of benzene rings is 1. The molecule has 0 aliphatic rings. The smallest absolute Gasteiger partial charge is 0.191 e. The lowest BCUT2D eigenvalue weighted by atomic mass is 10.2. The van der Waals surface area contributed by atoms with E-state index in [1.165, 1.54) is 0 Å². The number of guanidine groups is 1. The van der Waals surface area contributed by atoms with Gasteiger partial charge in [-0.2, -0.15) is 5.10 Å². The van der Waals surface area contributed by atoms with Crippen LogP contribution in [-0.2, 0) is 26.7 Å². The Hall–Kier alpha value is -2.69. The van der Waals surface area contributed by atoms with E-state index in [4.69, 9.17) is 4.74 Å². The van der Waals surface area contributed by atoms with Gasteiger partial charge in [-0.25, -0.2) is 9.98 Å². The van der Waals surface area contributed by atoms with Crippen molar-refractivity contribution in [1.29, 1.82) is 0 Å². The third kappa shape index (κ3) is 7.33. The normalized spacial score (nSPS) is 10.9. The van der Waals surface area contributed by atoms with Gasteiger partial charge in [0.2, 0.25) is 0 Å². The van der Waals surface area contributed by atoms with Crippen LogP contribution < -0.4 is 15.4 Å². The fourth-order valence-corrected chi connectivity index (χ4v) is 2.49. The molecule has 0 radical (unpaired) electrons. The minimum atomic E-state index is 0. The van der Waals surface area contributed by atoms with Crippen LogP contribution in [0.3, 0.4) is 0 Å². The minimum Gasteiger partial charge on any atom is -0.487 e. The number of nitrogens with zero attached hydrogens (tertiary/aromatic N) is 5. The number of aromatic nitrogens is 4. The second kappa shape index (κ2) is 12.0. The van der Waals surface area contributed by atoms with Crippen LogP contribution in [-0.4, -0.2) is 32.3 Å². The zero-order chi connectivity index (χ0) is 19.6. The molecule has 8 nitrogen and oxygen atoms in total. The molecule has 0 saturated carbocycles. The lowest BCUT2D eigenvalue weighted by Crippen LogP contribution is -2.37. The molecule has 0 saturated heterocycles. The van der Waals surface area contributed by atoms with Gasteiger partial charge in [-0.05, 0) is 36.8 Å². The summed E-state index contributed by atoms with van der Waals surface area (Å²) in [5.74, 6) is 2.40. The van der Waals surface area contributed by atoms with Gasteiger partial charge in [0.05, 0.1) is 18.8 Å². The van der Waals surface area contributed by atoms with Crippen molar-refractivity contribution in [3.63, 3.8) is 0 Å². The summed E-state index contributed by atoms with van der Waals surface area (Å²) >= 11 is 0. The highest BCUT2D eigenvalue weighted by Crippen LogP contribution is 2.14. The summed E-state index contributed by atoms with van der Waals surface area (Å²) < 4.78 is 7.50. The van der Waals surface area contributed by atoms with E-state index in [0.29, 0.717) is 19.7 Å². The molecule has 2 heterocycles. The van der Waals surface area contributed by atoms with Gasteiger partial charge >= 0.3 is 0 Å². The van der Waals surface area contributed by atoms with Gasteiger partial charge < -0.3 is 15.4 Å². The van der Waals surface area contributed by atoms with Crippen LogP contribution in [0.25, 0.3) is 0 Å². The summed E-state index contributed by atoms with van der Waals surface area (Å²) in [5, 5.41) is 10.6. The van der Waals surface area contributed by atoms with Gasteiger partial charge in [0.25, 0.3) is 0 Å². The number of aryl methyl sites for hydroxylation is 1. The van der Waals surface area contributed by atoms with Crippen LogP contribution in [0.15, 0.2) is 60.0 Å². The molecule has 0 bridgehead atoms. The van der Waals surface area contributed by atoms with Crippen LogP contribution in [0, 0.1) is 0 Å². The first kappa shape index (κ1) is 22.6. The second-order valence-corrected chi connectivity index (χ2v) is 6.10. The molecular weight excluding hydrogens is 481 g/mol. The fraction of sp³-hybridized carbons (Fsp3) is 0.300. The number of rotatable bonds is 8. The van der Waals surface area contributed by atoms with Crippen LogP contribution in [0.2, 0.25) is 0 Å². The summed E-state index contributed by atoms with van der Waals surface area (Å²) in [6.45, 7) is 4.39. The maximum absolute atomic E-state index is 5.76. The number of hydrogen-bond acceptors (Lipinski definition) is 5. The molecule has 2 aromatic heterocycles. The van der Waals surface area contributed by atoms with Gasteiger partial charge in [-0.15, -0.1) is 24.0 Å². The molecule has 2 N–H and O–H groups in total. The highest BCUT2D eigenvalue weighted by molar-refractivity contribution is 14.0. The van der Waals surface area contributed by atoms with Crippen molar-refractivity contribution in [3.05, 3.63) is 72.1 Å². The van der Waals surface area contributed by atoms with Gasteiger partial charge in [-0.3, -0.25) is 9.67 Å². The number of halogens is 1. The van der Waals surface area contributed by atoms with Gasteiger partial charge in [0.15, 0.2) is 5.96 Å². The summed E-state index contributed by atoms with van der Waals surface area (Å²) in [4.78, 5) is 13.1. The zero-order valence-corrected chi connectivity index (χ0v) is 18.9. The number of ether oxygens (including phenoxy) is 1. The molecular formula is C20H26IN7O. The van der Waals surface area contributed by atoms with Crippen LogP contribution in [0.1, 0.15) is 24.0 Å². The van der Waals surface area contributed by atoms with E-state index in [9.17, 15) is 0 Å². The molecule has 0 spiro atoms. The molecule has 0 atom stereocenters. The average molecular weight is 507 g/mol. The Bertz CT molecular complexity index is 881. The Morgan fingerprint density at radius 3 is 2.59 bits per heavy atom. The standard InChI is InChI=1S/C20H25N7O.HI/c1-3-21-20(24-13-19-25-15-26-27(19)2)23-12-16-7-9-18(10-8-16)28-14-17-6-4-5-11-22-17;/h4-11,15H,3,12-14H2,1-2H3,(H2,21,23,24);1H. The molecule has 3 aromatic rings. The van der Waals surface area contributed by atoms with E-state index < -0.39 is 0 Å². The van der Waals surface area contributed by atoms with Crippen molar-refractivity contribution in [2.75, 3.05) is 6.54 Å². The number of nitrogens with one attached hydrogen (secondary N) is 2. The van der Waals surface area contributed by atoms with Crippen LogP contribution in [0.4, 0.5) is 0 Å². The summed E-state index contributed by atoms with van der Waals surface area (Å²) in [6, 6.07) is 13.7. The molecule has 0 fully saturated rings. The van der Waals surface area contributed by atoms with Gasteiger partial charge in [-0.1, -0.05) is 18.2 Å². The van der Waals surface area contributed by atoms with Crippen molar-refractivity contribution < 1.29 is 4.74 Å². The first-order valence-corrected chi connectivity index (χ1v) is 9.21. The largest absolute Gasteiger partial charge is 0.487 e. The van der Waals surface area contributed by atoms with Crippen molar-refractivity contribution in [3.8, 4) is 5.75 Å². The molecule has 1 aromatic carbocycles. The van der Waals surface area contributed by atoms with Crippen molar-refractivity contribution in [2.24, 2.45) is 12.0 Å². The molecule has 0 unspecified atom stereocenters. The quantitative estimate of drug-likeness (QED) is 0.277. The van der Waals surface area contributed by atoms with Gasteiger partial charge in [0.1, 0.15) is 24.5 Å². The van der Waals surface area contributed by atoms with E-state index >= 15 is 0 Å². The van der Waals surface area contributed by atoms with Crippen molar-refractivity contribution in [2.45, 2.75) is 26.6 Å². The van der Waals surface area contributed by atoms with Crippen LogP contribution >= 0.6 is 24.0 Å².